The molecule has 3 aromatic rings. The Bertz CT molecular complexity index is 1250. The molecular weight excluding hydrogens is 436 g/mol. The molecule has 1 saturated heterocycles. The third kappa shape index (κ3) is 4.46. The van der Waals surface area contributed by atoms with Crippen molar-refractivity contribution in [2.24, 2.45) is 7.05 Å². The summed E-state index contributed by atoms with van der Waals surface area (Å²) in [6.07, 6.45) is 3.97. The molecule has 2 N–H and O–H groups in total. The highest BCUT2D eigenvalue weighted by Crippen LogP contribution is 2.39. The van der Waals surface area contributed by atoms with Gasteiger partial charge in [0.2, 0.25) is 5.91 Å². The summed E-state index contributed by atoms with van der Waals surface area (Å²) in [5.74, 6) is 0.862. The first-order valence-electron chi connectivity index (χ1n) is 11.7. The zero-order valence-corrected chi connectivity index (χ0v) is 20.8. The average molecular weight is 469 g/mol. The summed E-state index contributed by atoms with van der Waals surface area (Å²) in [5.41, 5.74) is 6.33. The summed E-state index contributed by atoms with van der Waals surface area (Å²) in [5, 5.41) is 4.21. The van der Waals surface area contributed by atoms with Gasteiger partial charge in [0.05, 0.1) is 12.2 Å². The number of aromatic amines is 1. The highest BCUT2D eigenvalue weighted by molar-refractivity contribution is 6.31. The molecular formula is C26H33ClN4O2. The van der Waals surface area contributed by atoms with Crippen molar-refractivity contribution in [3.05, 3.63) is 56.5 Å². The van der Waals surface area contributed by atoms with Crippen LogP contribution in [0.5, 0.6) is 0 Å². The minimum Gasteiger partial charge on any atom is -0.358 e. The standard InChI is InChI=1S/C26H33ClN4O2/c1-15(2)23-19-12-18(17-8-10-31(11-9-17)14-22(32)28-4)6-7-21(19)29-25(23)20-13-30(5)26(33)24(27)16(20)3/h6-7,12-13,15,17,29H,8-11,14H2,1-5H3,(H,28,32). The van der Waals surface area contributed by atoms with E-state index in [-0.39, 0.29) is 16.5 Å². The number of aryl methyl sites for hydroxylation is 1. The lowest BCUT2D eigenvalue weighted by molar-refractivity contribution is -0.122. The molecule has 7 heteroatoms. The Hall–Kier alpha value is -2.57. The molecule has 4 rings (SSSR count). The number of pyridine rings is 1. The summed E-state index contributed by atoms with van der Waals surface area (Å²) >= 11 is 6.37. The van der Waals surface area contributed by atoms with Crippen LogP contribution in [-0.4, -0.2) is 47.0 Å². The van der Waals surface area contributed by atoms with E-state index in [0.29, 0.717) is 18.4 Å². The first kappa shape index (κ1) is 23.6. The first-order valence-corrected chi connectivity index (χ1v) is 12.0. The maximum atomic E-state index is 12.3. The molecule has 1 amide bonds. The van der Waals surface area contributed by atoms with Crippen molar-refractivity contribution < 1.29 is 4.79 Å². The maximum Gasteiger partial charge on any atom is 0.269 e. The minimum atomic E-state index is -0.176. The molecule has 6 nitrogen and oxygen atoms in total. The molecule has 0 atom stereocenters. The fourth-order valence-electron chi connectivity index (χ4n) is 5.04. The molecule has 3 heterocycles. The SMILES string of the molecule is CNC(=O)CN1CCC(c2ccc3[nH]c(-c4cn(C)c(=O)c(Cl)c4C)c(C(C)C)c3c2)CC1. The Kier molecular flexibility index (Phi) is 6.68. The number of rotatable bonds is 5. The highest BCUT2D eigenvalue weighted by Gasteiger charge is 2.24. The molecule has 33 heavy (non-hydrogen) atoms. The number of carbonyl (C=O) groups is 1. The summed E-state index contributed by atoms with van der Waals surface area (Å²) in [4.78, 5) is 29.8. The fraction of sp³-hybridized carbons (Fsp3) is 0.462. The van der Waals surface area contributed by atoms with E-state index in [0.717, 1.165) is 48.3 Å². The van der Waals surface area contributed by atoms with Gasteiger partial charge in [-0.3, -0.25) is 14.5 Å². The Labute approximate surface area is 199 Å². The molecule has 176 valence electrons. The van der Waals surface area contributed by atoms with Gasteiger partial charge in [-0.25, -0.2) is 0 Å². The zero-order chi connectivity index (χ0) is 23.9. The molecule has 0 bridgehead atoms. The van der Waals surface area contributed by atoms with E-state index in [1.165, 1.54) is 16.5 Å². The van der Waals surface area contributed by atoms with Crippen LogP contribution in [0, 0.1) is 6.92 Å². The average Bonchev–Trinajstić information content (AvgIpc) is 3.19. The molecule has 0 saturated carbocycles. The van der Waals surface area contributed by atoms with Gasteiger partial charge in [0.1, 0.15) is 5.02 Å². The van der Waals surface area contributed by atoms with Crippen LogP contribution in [0.1, 0.15) is 55.2 Å². The second-order valence-corrected chi connectivity index (χ2v) is 9.87. The quantitative estimate of drug-likeness (QED) is 0.577. The Morgan fingerprint density at radius 1 is 1.27 bits per heavy atom. The highest BCUT2D eigenvalue weighted by atomic mass is 35.5. The summed E-state index contributed by atoms with van der Waals surface area (Å²) in [7, 11) is 3.43. The van der Waals surface area contributed by atoms with Gasteiger partial charge in [0.15, 0.2) is 0 Å². The van der Waals surface area contributed by atoms with Crippen molar-refractivity contribution in [2.75, 3.05) is 26.7 Å². The number of hydrogen-bond donors (Lipinski definition) is 2. The monoisotopic (exact) mass is 468 g/mol. The lowest BCUT2D eigenvalue weighted by atomic mass is 9.87. The summed E-state index contributed by atoms with van der Waals surface area (Å²) in [6.45, 7) is 8.65. The topological polar surface area (TPSA) is 70.1 Å². The van der Waals surface area contributed by atoms with Crippen LogP contribution < -0.4 is 10.9 Å². The van der Waals surface area contributed by atoms with Crippen LogP contribution in [0.2, 0.25) is 5.02 Å². The summed E-state index contributed by atoms with van der Waals surface area (Å²) < 4.78 is 1.55. The van der Waals surface area contributed by atoms with E-state index in [1.807, 2.05) is 13.1 Å². The number of amides is 1. The number of benzene rings is 1. The van der Waals surface area contributed by atoms with E-state index >= 15 is 0 Å². The summed E-state index contributed by atoms with van der Waals surface area (Å²) in [6, 6.07) is 6.74. The van der Waals surface area contributed by atoms with E-state index in [4.69, 9.17) is 11.6 Å². The molecule has 0 spiro atoms. The molecule has 0 unspecified atom stereocenters. The molecule has 0 aliphatic carbocycles. The van der Waals surface area contributed by atoms with Crippen LogP contribution in [0.25, 0.3) is 22.2 Å². The third-order valence-corrected chi connectivity index (χ3v) is 7.42. The number of aromatic nitrogens is 2. The van der Waals surface area contributed by atoms with Gasteiger partial charge >= 0.3 is 0 Å². The number of H-pyrrole nitrogens is 1. The number of nitrogens with zero attached hydrogens (tertiary/aromatic N) is 2. The first-order chi connectivity index (χ1) is 15.7. The van der Waals surface area contributed by atoms with E-state index in [9.17, 15) is 9.59 Å². The second kappa shape index (κ2) is 9.35. The minimum absolute atomic E-state index is 0.0742. The predicted octanol–water partition coefficient (Wildman–Crippen LogP) is 4.54. The van der Waals surface area contributed by atoms with Crippen LogP contribution in [-0.2, 0) is 11.8 Å². The molecule has 1 aliphatic heterocycles. The Morgan fingerprint density at radius 2 is 1.97 bits per heavy atom. The number of likely N-dealkylation sites (tertiary alicyclic amines) is 1. The Morgan fingerprint density at radius 3 is 2.61 bits per heavy atom. The number of carbonyl (C=O) groups excluding carboxylic acids is 1. The van der Waals surface area contributed by atoms with Gasteiger partial charge in [-0.2, -0.15) is 0 Å². The van der Waals surface area contributed by atoms with Crippen molar-refractivity contribution in [1.29, 1.82) is 0 Å². The van der Waals surface area contributed by atoms with Gasteiger partial charge in [0.25, 0.3) is 5.56 Å². The van der Waals surface area contributed by atoms with Crippen molar-refractivity contribution in [2.45, 2.75) is 45.4 Å². The van der Waals surface area contributed by atoms with Crippen LogP contribution in [0.3, 0.4) is 0 Å². The maximum absolute atomic E-state index is 12.3. The second-order valence-electron chi connectivity index (χ2n) is 9.49. The van der Waals surface area contributed by atoms with E-state index in [2.05, 4.69) is 47.2 Å². The normalized spacial score (nSPS) is 15.5. The molecule has 1 aliphatic rings. The van der Waals surface area contributed by atoms with Crippen LogP contribution >= 0.6 is 11.6 Å². The molecule has 1 fully saturated rings. The van der Waals surface area contributed by atoms with Crippen molar-refractivity contribution >= 4 is 28.4 Å². The smallest absolute Gasteiger partial charge is 0.269 e. The number of nitrogens with one attached hydrogen (secondary N) is 2. The van der Waals surface area contributed by atoms with Crippen molar-refractivity contribution in [3.8, 4) is 11.3 Å². The largest absolute Gasteiger partial charge is 0.358 e. The fourth-order valence-corrected chi connectivity index (χ4v) is 5.27. The van der Waals surface area contributed by atoms with Gasteiger partial charge in [-0.1, -0.05) is 31.5 Å². The molecule has 2 aromatic heterocycles. The van der Waals surface area contributed by atoms with Crippen molar-refractivity contribution in [1.82, 2.24) is 19.8 Å². The van der Waals surface area contributed by atoms with Gasteiger partial charge < -0.3 is 14.9 Å². The number of piperidine rings is 1. The number of fused-ring (bicyclic) bond motifs is 1. The van der Waals surface area contributed by atoms with Gasteiger partial charge in [-0.05, 0) is 73.5 Å². The van der Waals surface area contributed by atoms with Gasteiger partial charge in [0, 0.05) is 36.8 Å². The lowest BCUT2D eigenvalue weighted by Crippen LogP contribution is -2.40. The molecule has 0 radical (unpaired) electrons. The Balaban J connectivity index is 1.71. The lowest BCUT2D eigenvalue weighted by Gasteiger charge is -2.31. The number of halogens is 1. The van der Waals surface area contributed by atoms with Crippen LogP contribution in [0.15, 0.2) is 29.2 Å². The molecule has 1 aromatic carbocycles. The van der Waals surface area contributed by atoms with E-state index < -0.39 is 0 Å². The predicted molar refractivity (Wildman–Crippen MR) is 135 cm³/mol. The van der Waals surface area contributed by atoms with Crippen LogP contribution in [0.4, 0.5) is 0 Å². The number of likely N-dealkylation sites (N-methyl/N-ethyl adjacent to an activating group) is 1. The van der Waals surface area contributed by atoms with Gasteiger partial charge in [-0.15, -0.1) is 0 Å². The van der Waals surface area contributed by atoms with Crippen molar-refractivity contribution in [3.63, 3.8) is 0 Å². The van der Waals surface area contributed by atoms with E-state index in [1.54, 1.807) is 18.7 Å². The third-order valence-electron chi connectivity index (χ3n) is 6.98. The number of hydrogen-bond acceptors (Lipinski definition) is 3. The zero-order valence-electron chi connectivity index (χ0n) is 20.1.